The Kier molecular flexibility index (Phi) is 5.61. The van der Waals surface area contributed by atoms with Crippen LogP contribution in [0, 0.1) is 11.8 Å². The third-order valence-corrected chi connectivity index (χ3v) is 4.94. The normalized spacial score (nSPS) is 27.1. The lowest BCUT2D eigenvalue weighted by Gasteiger charge is -2.41. The highest BCUT2D eigenvalue weighted by Crippen LogP contribution is 2.34. The fourth-order valence-corrected chi connectivity index (χ4v) is 3.67. The van der Waals surface area contributed by atoms with Gasteiger partial charge in [0.1, 0.15) is 5.82 Å². The van der Waals surface area contributed by atoms with Crippen molar-refractivity contribution in [1.29, 1.82) is 0 Å². The van der Waals surface area contributed by atoms with E-state index in [-0.39, 0.29) is 0 Å². The number of hydrogen-bond acceptors (Lipinski definition) is 3. The van der Waals surface area contributed by atoms with Crippen LogP contribution in [0.3, 0.4) is 0 Å². The van der Waals surface area contributed by atoms with Crippen LogP contribution in [0.5, 0.6) is 0 Å². The van der Waals surface area contributed by atoms with Crippen molar-refractivity contribution in [2.24, 2.45) is 24.6 Å². The minimum Gasteiger partial charge on any atom is -0.337 e. The molecule has 0 spiro atoms. The Hall–Kier alpha value is -0.870. The van der Waals surface area contributed by atoms with Gasteiger partial charge in [-0.1, -0.05) is 26.2 Å². The minimum absolute atomic E-state index is 0.613. The average molecular weight is 278 g/mol. The minimum atomic E-state index is 0.613. The number of aromatic nitrogens is 2. The summed E-state index contributed by atoms with van der Waals surface area (Å²) in [4.78, 5) is 6.92. The molecule has 1 saturated carbocycles. The number of hydrogen-bond donors (Lipinski definition) is 1. The molecule has 4 nitrogen and oxygen atoms in total. The van der Waals surface area contributed by atoms with E-state index in [1.807, 2.05) is 12.4 Å². The van der Waals surface area contributed by atoms with Crippen molar-refractivity contribution in [3.63, 3.8) is 0 Å². The zero-order valence-electron chi connectivity index (χ0n) is 13.3. The first kappa shape index (κ1) is 15.5. The van der Waals surface area contributed by atoms with Gasteiger partial charge in [-0.2, -0.15) is 0 Å². The number of aryl methyl sites for hydroxylation is 1. The van der Waals surface area contributed by atoms with Crippen LogP contribution in [-0.4, -0.2) is 34.1 Å². The summed E-state index contributed by atoms with van der Waals surface area (Å²) in [5.74, 6) is 2.67. The van der Waals surface area contributed by atoms with Gasteiger partial charge in [0.2, 0.25) is 0 Å². The predicted octanol–water partition coefficient (Wildman–Crippen LogP) is 2.40. The molecule has 0 aliphatic heterocycles. The molecule has 1 aliphatic carbocycles. The van der Waals surface area contributed by atoms with E-state index in [4.69, 9.17) is 5.73 Å². The lowest BCUT2D eigenvalue weighted by molar-refractivity contribution is 0.0921. The molecule has 4 heteroatoms. The van der Waals surface area contributed by atoms with Gasteiger partial charge in [-0.25, -0.2) is 4.98 Å². The number of rotatable bonds is 6. The molecule has 1 heterocycles. The second kappa shape index (κ2) is 7.23. The van der Waals surface area contributed by atoms with E-state index >= 15 is 0 Å². The summed E-state index contributed by atoms with van der Waals surface area (Å²) in [7, 11) is 4.30. The number of imidazole rings is 1. The highest BCUT2D eigenvalue weighted by atomic mass is 15.2. The Labute approximate surface area is 123 Å². The summed E-state index contributed by atoms with van der Waals surface area (Å²) in [6, 6.07) is 0.613. The third-order valence-electron chi connectivity index (χ3n) is 4.94. The van der Waals surface area contributed by atoms with Gasteiger partial charge in [0, 0.05) is 25.5 Å². The van der Waals surface area contributed by atoms with E-state index in [1.165, 1.54) is 32.1 Å². The number of nitrogens with two attached hydrogens (primary N) is 1. The Bertz CT molecular complexity index is 401. The van der Waals surface area contributed by atoms with Crippen molar-refractivity contribution in [3.8, 4) is 0 Å². The molecule has 0 radical (unpaired) electrons. The van der Waals surface area contributed by atoms with Gasteiger partial charge in [0.25, 0.3) is 0 Å². The summed E-state index contributed by atoms with van der Waals surface area (Å²) in [5, 5.41) is 0. The van der Waals surface area contributed by atoms with Crippen LogP contribution in [0.15, 0.2) is 12.4 Å². The summed E-state index contributed by atoms with van der Waals surface area (Å²) < 4.78 is 2.11. The molecule has 114 valence electrons. The van der Waals surface area contributed by atoms with Crippen LogP contribution in [0.4, 0.5) is 0 Å². The predicted molar refractivity (Wildman–Crippen MR) is 83.3 cm³/mol. The second-order valence-corrected chi connectivity index (χ2v) is 6.40. The molecule has 3 unspecified atom stereocenters. The molecule has 3 atom stereocenters. The Morgan fingerprint density at radius 1 is 1.45 bits per heavy atom. The van der Waals surface area contributed by atoms with Gasteiger partial charge >= 0.3 is 0 Å². The van der Waals surface area contributed by atoms with Crippen LogP contribution in [0.1, 0.15) is 44.9 Å². The Morgan fingerprint density at radius 3 is 2.85 bits per heavy atom. The smallest absolute Gasteiger partial charge is 0.122 e. The van der Waals surface area contributed by atoms with Crippen molar-refractivity contribution in [3.05, 3.63) is 18.2 Å². The molecule has 1 aromatic rings. The van der Waals surface area contributed by atoms with E-state index in [0.29, 0.717) is 12.0 Å². The zero-order valence-corrected chi connectivity index (χ0v) is 13.3. The SMILES string of the molecule is CCCC1CCC(CN)C(N(C)Cc2nccn2C)C1. The fraction of sp³-hybridized carbons (Fsp3) is 0.812. The van der Waals surface area contributed by atoms with Crippen molar-refractivity contribution < 1.29 is 0 Å². The van der Waals surface area contributed by atoms with Gasteiger partial charge in [-0.3, -0.25) is 4.90 Å². The van der Waals surface area contributed by atoms with Crippen molar-refractivity contribution >= 4 is 0 Å². The van der Waals surface area contributed by atoms with Gasteiger partial charge in [0.15, 0.2) is 0 Å². The van der Waals surface area contributed by atoms with Crippen LogP contribution in [0.2, 0.25) is 0 Å². The van der Waals surface area contributed by atoms with Crippen LogP contribution >= 0.6 is 0 Å². The maximum absolute atomic E-state index is 6.01. The molecule has 1 aliphatic rings. The lowest BCUT2D eigenvalue weighted by Crippen LogP contribution is -2.45. The van der Waals surface area contributed by atoms with Gasteiger partial charge in [0.05, 0.1) is 6.54 Å². The molecule has 0 bridgehead atoms. The maximum Gasteiger partial charge on any atom is 0.122 e. The first-order chi connectivity index (χ1) is 9.65. The average Bonchev–Trinajstić information content (AvgIpc) is 2.84. The Morgan fingerprint density at radius 2 is 2.25 bits per heavy atom. The molecule has 0 amide bonds. The largest absolute Gasteiger partial charge is 0.337 e. The topological polar surface area (TPSA) is 47.1 Å². The molecule has 2 N–H and O–H groups in total. The second-order valence-electron chi connectivity index (χ2n) is 6.40. The first-order valence-corrected chi connectivity index (χ1v) is 8.02. The molecular formula is C16H30N4. The van der Waals surface area contributed by atoms with Crippen molar-refractivity contribution in [1.82, 2.24) is 14.5 Å². The summed E-state index contributed by atoms with van der Waals surface area (Å²) >= 11 is 0. The van der Waals surface area contributed by atoms with Crippen molar-refractivity contribution in [2.45, 2.75) is 51.6 Å². The van der Waals surface area contributed by atoms with E-state index < -0.39 is 0 Å². The lowest BCUT2D eigenvalue weighted by atomic mass is 9.76. The maximum atomic E-state index is 6.01. The molecule has 1 fully saturated rings. The van der Waals surface area contributed by atoms with Gasteiger partial charge in [-0.15, -0.1) is 0 Å². The van der Waals surface area contributed by atoms with E-state index in [1.54, 1.807) is 0 Å². The third kappa shape index (κ3) is 3.61. The highest BCUT2D eigenvalue weighted by molar-refractivity contribution is 4.93. The van der Waals surface area contributed by atoms with Gasteiger partial charge < -0.3 is 10.3 Å². The summed E-state index contributed by atoms with van der Waals surface area (Å²) in [6.07, 6.45) is 10.5. The quantitative estimate of drug-likeness (QED) is 0.869. The van der Waals surface area contributed by atoms with E-state index in [9.17, 15) is 0 Å². The monoisotopic (exact) mass is 278 g/mol. The standard InChI is InChI=1S/C16H30N4/c1-4-5-13-6-7-14(11-17)15(10-13)20(3)12-16-18-8-9-19(16)2/h8-9,13-15H,4-7,10-12,17H2,1-3H3. The first-order valence-electron chi connectivity index (χ1n) is 8.02. The number of nitrogens with zero attached hydrogens (tertiary/aromatic N) is 3. The van der Waals surface area contributed by atoms with E-state index in [2.05, 4.69) is 35.5 Å². The highest BCUT2D eigenvalue weighted by Gasteiger charge is 2.32. The summed E-state index contributed by atoms with van der Waals surface area (Å²) in [5.41, 5.74) is 6.01. The van der Waals surface area contributed by atoms with Crippen molar-refractivity contribution in [2.75, 3.05) is 13.6 Å². The molecule has 0 aromatic carbocycles. The zero-order chi connectivity index (χ0) is 14.5. The molecule has 20 heavy (non-hydrogen) atoms. The molecule has 0 saturated heterocycles. The molecular weight excluding hydrogens is 248 g/mol. The fourth-order valence-electron chi connectivity index (χ4n) is 3.67. The van der Waals surface area contributed by atoms with Crippen LogP contribution in [0.25, 0.3) is 0 Å². The van der Waals surface area contributed by atoms with Gasteiger partial charge in [-0.05, 0) is 38.3 Å². The van der Waals surface area contributed by atoms with Crippen LogP contribution < -0.4 is 5.73 Å². The van der Waals surface area contributed by atoms with Crippen LogP contribution in [-0.2, 0) is 13.6 Å². The molecule has 2 rings (SSSR count). The van der Waals surface area contributed by atoms with E-state index in [0.717, 1.165) is 24.8 Å². The Balaban J connectivity index is 2.00. The summed E-state index contributed by atoms with van der Waals surface area (Å²) in [6.45, 7) is 4.03. The molecule has 1 aromatic heterocycles.